The SMILES string of the molecule is CCc1ccc(Nc2nc(C)c(CCC(=O)O)s2)cc1. The van der Waals surface area contributed by atoms with Crippen molar-refractivity contribution in [3.8, 4) is 0 Å². The number of hydrogen-bond acceptors (Lipinski definition) is 4. The maximum atomic E-state index is 10.6. The van der Waals surface area contributed by atoms with E-state index in [1.165, 1.54) is 16.9 Å². The Hall–Kier alpha value is -1.88. The number of carboxylic acid groups (broad SMARTS) is 1. The first-order chi connectivity index (χ1) is 9.58. The zero-order valence-corrected chi connectivity index (χ0v) is 12.5. The minimum Gasteiger partial charge on any atom is -0.481 e. The molecule has 0 unspecified atom stereocenters. The number of carboxylic acids is 1. The van der Waals surface area contributed by atoms with Crippen LogP contribution >= 0.6 is 11.3 Å². The Labute approximate surface area is 122 Å². The summed E-state index contributed by atoms with van der Waals surface area (Å²) in [5.41, 5.74) is 3.21. The lowest BCUT2D eigenvalue weighted by Gasteiger charge is -2.03. The highest BCUT2D eigenvalue weighted by atomic mass is 32.1. The lowest BCUT2D eigenvalue weighted by Crippen LogP contribution is -1.96. The van der Waals surface area contributed by atoms with Gasteiger partial charge in [0.1, 0.15) is 0 Å². The molecule has 2 rings (SSSR count). The number of rotatable bonds is 6. The van der Waals surface area contributed by atoms with E-state index in [-0.39, 0.29) is 6.42 Å². The van der Waals surface area contributed by atoms with Gasteiger partial charge in [-0.3, -0.25) is 4.79 Å². The lowest BCUT2D eigenvalue weighted by molar-refractivity contribution is -0.136. The predicted molar refractivity (Wildman–Crippen MR) is 81.9 cm³/mol. The molecular weight excluding hydrogens is 272 g/mol. The standard InChI is InChI=1S/C15H18N2O2S/c1-3-11-4-6-12(7-5-11)17-15-16-10(2)13(20-15)8-9-14(18)19/h4-7H,3,8-9H2,1-2H3,(H,16,17)(H,18,19). The molecule has 20 heavy (non-hydrogen) atoms. The van der Waals surface area contributed by atoms with Crippen LogP contribution in [0.3, 0.4) is 0 Å². The van der Waals surface area contributed by atoms with Crippen molar-refractivity contribution in [2.24, 2.45) is 0 Å². The van der Waals surface area contributed by atoms with E-state index in [2.05, 4.69) is 29.4 Å². The second-order valence-corrected chi connectivity index (χ2v) is 5.68. The van der Waals surface area contributed by atoms with E-state index in [0.717, 1.165) is 27.8 Å². The third-order valence-corrected chi connectivity index (χ3v) is 4.20. The molecule has 0 bridgehead atoms. The topological polar surface area (TPSA) is 62.2 Å². The van der Waals surface area contributed by atoms with Gasteiger partial charge in [0.25, 0.3) is 0 Å². The maximum absolute atomic E-state index is 10.6. The Kier molecular flexibility index (Phi) is 4.74. The van der Waals surface area contributed by atoms with Gasteiger partial charge in [-0.2, -0.15) is 0 Å². The summed E-state index contributed by atoms with van der Waals surface area (Å²) in [6, 6.07) is 8.25. The van der Waals surface area contributed by atoms with Gasteiger partial charge >= 0.3 is 5.97 Å². The van der Waals surface area contributed by atoms with Crippen LogP contribution in [0.1, 0.15) is 29.5 Å². The summed E-state index contributed by atoms with van der Waals surface area (Å²) < 4.78 is 0. The van der Waals surface area contributed by atoms with Crippen LogP contribution in [0.4, 0.5) is 10.8 Å². The Morgan fingerprint density at radius 3 is 2.65 bits per heavy atom. The monoisotopic (exact) mass is 290 g/mol. The summed E-state index contributed by atoms with van der Waals surface area (Å²) in [5, 5.41) is 12.8. The van der Waals surface area contributed by atoms with Crippen LogP contribution in [-0.4, -0.2) is 16.1 Å². The minimum absolute atomic E-state index is 0.146. The van der Waals surface area contributed by atoms with Crippen LogP contribution in [0, 0.1) is 6.92 Å². The second-order valence-electron chi connectivity index (χ2n) is 4.60. The fourth-order valence-electron chi connectivity index (χ4n) is 1.88. The molecule has 106 valence electrons. The van der Waals surface area contributed by atoms with E-state index < -0.39 is 5.97 Å². The van der Waals surface area contributed by atoms with Gasteiger partial charge in [0.2, 0.25) is 0 Å². The third-order valence-electron chi connectivity index (χ3n) is 3.07. The normalized spacial score (nSPS) is 10.5. The number of aromatic nitrogens is 1. The van der Waals surface area contributed by atoms with Gasteiger partial charge in [-0.15, -0.1) is 11.3 Å². The molecule has 0 saturated heterocycles. The summed E-state index contributed by atoms with van der Waals surface area (Å²) in [6.45, 7) is 4.04. The van der Waals surface area contributed by atoms with Crippen LogP contribution in [0.5, 0.6) is 0 Å². The van der Waals surface area contributed by atoms with Gasteiger partial charge < -0.3 is 10.4 Å². The predicted octanol–water partition coefficient (Wildman–Crippen LogP) is 3.77. The number of carbonyl (C=O) groups is 1. The second kappa shape index (κ2) is 6.52. The van der Waals surface area contributed by atoms with E-state index in [1.807, 2.05) is 19.1 Å². The van der Waals surface area contributed by atoms with Gasteiger partial charge in [0.15, 0.2) is 5.13 Å². The maximum Gasteiger partial charge on any atom is 0.303 e. The molecule has 0 amide bonds. The fourth-order valence-corrected chi connectivity index (χ4v) is 2.86. The van der Waals surface area contributed by atoms with Gasteiger partial charge in [-0.25, -0.2) is 4.98 Å². The highest BCUT2D eigenvalue weighted by Gasteiger charge is 2.09. The smallest absolute Gasteiger partial charge is 0.303 e. The van der Waals surface area contributed by atoms with Crippen molar-refractivity contribution in [2.75, 3.05) is 5.32 Å². The van der Waals surface area contributed by atoms with Crippen LogP contribution < -0.4 is 5.32 Å². The molecule has 0 aliphatic heterocycles. The summed E-state index contributed by atoms with van der Waals surface area (Å²) in [5.74, 6) is -0.775. The summed E-state index contributed by atoms with van der Waals surface area (Å²) in [7, 11) is 0. The molecule has 0 spiro atoms. The number of anilines is 2. The molecule has 2 aromatic rings. The number of hydrogen-bond donors (Lipinski definition) is 2. The summed E-state index contributed by atoms with van der Waals surface area (Å²) >= 11 is 1.52. The molecule has 5 heteroatoms. The number of aliphatic carboxylic acids is 1. The van der Waals surface area contributed by atoms with Crippen molar-refractivity contribution in [1.29, 1.82) is 0 Å². The molecule has 4 nitrogen and oxygen atoms in total. The van der Waals surface area contributed by atoms with Gasteiger partial charge in [-0.1, -0.05) is 19.1 Å². The zero-order valence-electron chi connectivity index (χ0n) is 11.6. The molecule has 0 aliphatic carbocycles. The largest absolute Gasteiger partial charge is 0.481 e. The molecule has 2 N–H and O–H groups in total. The van der Waals surface area contributed by atoms with Crippen molar-refractivity contribution >= 4 is 28.1 Å². The zero-order chi connectivity index (χ0) is 14.5. The minimum atomic E-state index is -0.775. The highest BCUT2D eigenvalue weighted by molar-refractivity contribution is 7.15. The average Bonchev–Trinajstić information content (AvgIpc) is 2.77. The van der Waals surface area contributed by atoms with Crippen molar-refractivity contribution in [3.63, 3.8) is 0 Å². The fraction of sp³-hybridized carbons (Fsp3) is 0.333. The lowest BCUT2D eigenvalue weighted by atomic mass is 10.1. The first kappa shape index (κ1) is 14.5. The summed E-state index contributed by atoms with van der Waals surface area (Å²) in [4.78, 5) is 16.1. The highest BCUT2D eigenvalue weighted by Crippen LogP contribution is 2.26. The van der Waals surface area contributed by atoms with Crippen LogP contribution in [0.15, 0.2) is 24.3 Å². The molecule has 1 aromatic heterocycles. The van der Waals surface area contributed by atoms with Crippen molar-refractivity contribution in [1.82, 2.24) is 4.98 Å². The summed E-state index contributed by atoms with van der Waals surface area (Å²) in [6.07, 6.45) is 1.71. The van der Waals surface area contributed by atoms with E-state index in [1.54, 1.807) is 0 Å². The molecular formula is C15H18N2O2S. The molecule has 0 saturated carbocycles. The number of thiazole rings is 1. The third kappa shape index (κ3) is 3.81. The quantitative estimate of drug-likeness (QED) is 0.850. The average molecular weight is 290 g/mol. The van der Waals surface area contributed by atoms with Crippen LogP contribution in [0.2, 0.25) is 0 Å². The first-order valence-corrected chi connectivity index (χ1v) is 7.44. The van der Waals surface area contributed by atoms with Gasteiger partial charge in [0, 0.05) is 10.6 Å². The van der Waals surface area contributed by atoms with Gasteiger partial charge in [0.05, 0.1) is 12.1 Å². The van der Waals surface area contributed by atoms with Gasteiger partial charge in [-0.05, 0) is 37.5 Å². The molecule has 0 radical (unpaired) electrons. The number of nitrogens with zero attached hydrogens (tertiary/aromatic N) is 1. The van der Waals surface area contributed by atoms with E-state index in [0.29, 0.717) is 6.42 Å². The Morgan fingerprint density at radius 2 is 2.05 bits per heavy atom. The first-order valence-electron chi connectivity index (χ1n) is 6.62. The number of aryl methyl sites for hydroxylation is 3. The molecule has 0 atom stereocenters. The Balaban J connectivity index is 2.05. The van der Waals surface area contributed by atoms with Crippen LogP contribution in [-0.2, 0) is 17.6 Å². The number of nitrogens with one attached hydrogen (secondary N) is 1. The van der Waals surface area contributed by atoms with Crippen molar-refractivity contribution in [2.45, 2.75) is 33.1 Å². The van der Waals surface area contributed by atoms with Crippen molar-refractivity contribution in [3.05, 3.63) is 40.4 Å². The number of benzene rings is 1. The molecule has 0 aliphatic rings. The molecule has 1 heterocycles. The Bertz CT molecular complexity index is 590. The molecule has 0 fully saturated rings. The van der Waals surface area contributed by atoms with E-state index in [4.69, 9.17) is 5.11 Å². The van der Waals surface area contributed by atoms with Crippen LogP contribution in [0.25, 0.3) is 0 Å². The molecule has 1 aromatic carbocycles. The van der Waals surface area contributed by atoms with E-state index >= 15 is 0 Å². The van der Waals surface area contributed by atoms with Crippen molar-refractivity contribution < 1.29 is 9.90 Å². The van der Waals surface area contributed by atoms with E-state index in [9.17, 15) is 4.79 Å². The Morgan fingerprint density at radius 1 is 1.35 bits per heavy atom.